The molecule has 5 heteroatoms. The maximum Gasteiger partial charge on any atom is 0.189 e. The van der Waals surface area contributed by atoms with E-state index >= 15 is 0 Å². The lowest BCUT2D eigenvalue weighted by Crippen LogP contribution is -2.18. The second-order valence-electron chi connectivity index (χ2n) is 3.99. The van der Waals surface area contributed by atoms with Gasteiger partial charge in [0, 0.05) is 23.2 Å². The SMILES string of the molecule is N#CCC(O)C(O)c1cccc2c(=O)cc[nH]c12. The van der Waals surface area contributed by atoms with Crippen molar-refractivity contribution in [2.24, 2.45) is 0 Å². The van der Waals surface area contributed by atoms with Crippen LogP contribution in [0.3, 0.4) is 0 Å². The van der Waals surface area contributed by atoms with Gasteiger partial charge in [-0.05, 0) is 6.07 Å². The molecule has 92 valence electrons. The Bertz CT molecular complexity index is 657. The number of aromatic amines is 1. The number of aliphatic hydroxyl groups is 2. The predicted octanol–water partition coefficient (Wildman–Crippen LogP) is 0.836. The highest BCUT2D eigenvalue weighted by molar-refractivity contribution is 5.81. The number of nitrogens with zero attached hydrogens (tertiary/aromatic N) is 1. The van der Waals surface area contributed by atoms with Gasteiger partial charge < -0.3 is 15.2 Å². The van der Waals surface area contributed by atoms with Crippen molar-refractivity contribution in [2.75, 3.05) is 0 Å². The van der Waals surface area contributed by atoms with Gasteiger partial charge in [-0.15, -0.1) is 0 Å². The molecule has 0 radical (unpaired) electrons. The summed E-state index contributed by atoms with van der Waals surface area (Å²) in [5.41, 5.74) is 0.731. The quantitative estimate of drug-likeness (QED) is 0.745. The van der Waals surface area contributed by atoms with E-state index in [9.17, 15) is 15.0 Å². The van der Waals surface area contributed by atoms with Crippen molar-refractivity contribution in [2.45, 2.75) is 18.6 Å². The molecule has 0 aliphatic heterocycles. The van der Waals surface area contributed by atoms with Crippen LogP contribution in [-0.2, 0) is 0 Å². The fourth-order valence-electron chi connectivity index (χ4n) is 1.89. The van der Waals surface area contributed by atoms with Gasteiger partial charge in [-0.25, -0.2) is 0 Å². The zero-order valence-electron chi connectivity index (χ0n) is 9.50. The molecule has 0 saturated heterocycles. The van der Waals surface area contributed by atoms with Crippen LogP contribution in [0.4, 0.5) is 0 Å². The second kappa shape index (κ2) is 5.00. The molecule has 0 spiro atoms. The van der Waals surface area contributed by atoms with Crippen LogP contribution in [0, 0.1) is 11.3 Å². The average molecular weight is 244 g/mol. The molecular formula is C13H12N2O3. The van der Waals surface area contributed by atoms with Gasteiger partial charge in [0.25, 0.3) is 0 Å². The molecule has 2 unspecified atom stereocenters. The van der Waals surface area contributed by atoms with Crippen molar-refractivity contribution in [3.05, 3.63) is 46.2 Å². The van der Waals surface area contributed by atoms with Gasteiger partial charge in [-0.1, -0.05) is 12.1 Å². The lowest BCUT2D eigenvalue weighted by Gasteiger charge is -2.17. The lowest BCUT2D eigenvalue weighted by atomic mass is 9.99. The second-order valence-corrected chi connectivity index (χ2v) is 3.99. The van der Waals surface area contributed by atoms with Crippen LogP contribution in [0.5, 0.6) is 0 Å². The molecule has 2 atom stereocenters. The third-order valence-electron chi connectivity index (χ3n) is 2.81. The fraction of sp³-hybridized carbons (Fsp3) is 0.231. The van der Waals surface area contributed by atoms with Crippen molar-refractivity contribution in [3.63, 3.8) is 0 Å². The summed E-state index contributed by atoms with van der Waals surface area (Å²) in [6.07, 6.45) is -1.07. The highest BCUT2D eigenvalue weighted by atomic mass is 16.3. The molecule has 0 saturated carbocycles. The number of benzene rings is 1. The summed E-state index contributed by atoms with van der Waals surface area (Å²) >= 11 is 0. The number of fused-ring (bicyclic) bond motifs is 1. The molecule has 3 N–H and O–H groups in total. The van der Waals surface area contributed by atoms with E-state index in [0.717, 1.165) is 0 Å². The van der Waals surface area contributed by atoms with E-state index in [2.05, 4.69) is 4.98 Å². The minimum absolute atomic E-state index is 0.160. The Morgan fingerprint density at radius 3 is 2.83 bits per heavy atom. The number of aliphatic hydroxyl groups excluding tert-OH is 2. The lowest BCUT2D eigenvalue weighted by molar-refractivity contribution is 0.0224. The largest absolute Gasteiger partial charge is 0.389 e. The maximum atomic E-state index is 11.6. The Kier molecular flexibility index (Phi) is 3.42. The Labute approximate surface area is 103 Å². The summed E-state index contributed by atoms with van der Waals surface area (Å²) in [5.74, 6) is 0. The molecule has 5 nitrogen and oxygen atoms in total. The van der Waals surface area contributed by atoms with Gasteiger partial charge in [-0.2, -0.15) is 5.26 Å². The van der Waals surface area contributed by atoms with Gasteiger partial charge in [0.2, 0.25) is 0 Å². The first-order chi connectivity index (χ1) is 8.65. The minimum atomic E-state index is -1.20. The number of aromatic nitrogens is 1. The summed E-state index contributed by atoms with van der Waals surface area (Å²) in [4.78, 5) is 14.5. The van der Waals surface area contributed by atoms with Crippen molar-refractivity contribution in [1.82, 2.24) is 4.98 Å². The van der Waals surface area contributed by atoms with E-state index in [1.165, 1.54) is 12.3 Å². The Morgan fingerprint density at radius 2 is 2.11 bits per heavy atom. The van der Waals surface area contributed by atoms with Crippen molar-refractivity contribution in [1.29, 1.82) is 5.26 Å². The van der Waals surface area contributed by atoms with Crippen LogP contribution < -0.4 is 5.43 Å². The standard InChI is InChI=1S/C13H12N2O3/c14-6-4-11(17)13(18)9-3-1-2-8-10(16)5-7-15-12(8)9/h1-3,5,7,11,13,17-18H,4H2,(H,15,16). The van der Waals surface area contributed by atoms with Crippen molar-refractivity contribution >= 4 is 10.9 Å². The summed E-state index contributed by atoms with van der Waals surface area (Å²) in [5, 5.41) is 28.6. The summed E-state index contributed by atoms with van der Waals surface area (Å²) < 4.78 is 0. The summed E-state index contributed by atoms with van der Waals surface area (Å²) in [7, 11) is 0. The van der Waals surface area contributed by atoms with Gasteiger partial charge in [0.05, 0.1) is 24.1 Å². The molecule has 1 aromatic heterocycles. The number of hydrogen-bond donors (Lipinski definition) is 3. The molecule has 0 amide bonds. The monoisotopic (exact) mass is 244 g/mol. The molecule has 0 aliphatic rings. The van der Waals surface area contributed by atoms with E-state index in [1.807, 2.05) is 0 Å². The third kappa shape index (κ3) is 2.12. The van der Waals surface area contributed by atoms with E-state index in [-0.39, 0.29) is 11.8 Å². The van der Waals surface area contributed by atoms with Gasteiger partial charge >= 0.3 is 0 Å². The number of hydrogen-bond acceptors (Lipinski definition) is 4. The van der Waals surface area contributed by atoms with Crippen LogP contribution in [0.2, 0.25) is 0 Å². The third-order valence-corrected chi connectivity index (χ3v) is 2.81. The summed E-state index contributed by atoms with van der Waals surface area (Å²) in [6.45, 7) is 0. The number of H-pyrrole nitrogens is 1. The normalized spacial score (nSPS) is 14.1. The Morgan fingerprint density at radius 1 is 1.33 bits per heavy atom. The minimum Gasteiger partial charge on any atom is -0.389 e. The smallest absolute Gasteiger partial charge is 0.189 e. The number of para-hydroxylation sites is 1. The van der Waals surface area contributed by atoms with Crippen LogP contribution in [-0.4, -0.2) is 21.3 Å². The van der Waals surface area contributed by atoms with E-state index < -0.39 is 12.2 Å². The Balaban J connectivity index is 2.55. The van der Waals surface area contributed by atoms with Crippen molar-refractivity contribution < 1.29 is 10.2 Å². The first-order valence-electron chi connectivity index (χ1n) is 5.48. The molecule has 0 aliphatic carbocycles. The van der Waals surface area contributed by atoms with E-state index in [1.54, 1.807) is 24.3 Å². The number of nitrogens with one attached hydrogen (secondary N) is 1. The van der Waals surface area contributed by atoms with Crippen LogP contribution in [0.15, 0.2) is 35.3 Å². The van der Waals surface area contributed by atoms with Gasteiger partial charge in [-0.3, -0.25) is 4.79 Å². The molecule has 18 heavy (non-hydrogen) atoms. The number of pyridine rings is 1. The van der Waals surface area contributed by atoms with Crippen LogP contribution in [0.25, 0.3) is 10.9 Å². The molecule has 2 aromatic rings. The maximum absolute atomic E-state index is 11.6. The molecule has 0 fully saturated rings. The molecule has 0 bridgehead atoms. The zero-order valence-corrected chi connectivity index (χ0v) is 9.50. The van der Waals surface area contributed by atoms with Crippen molar-refractivity contribution in [3.8, 4) is 6.07 Å². The van der Waals surface area contributed by atoms with Crippen LogP contribution >= 0.6 is 0 Å². The Hall–Kier alpha value is -2.16. The number of nitriles is 1. The van der Waals surface area contributed by atoms with Crippen LogP contribution in [0.1, 0.15) is 18.1 Å². The van der Waals surface area contributed by atoms with Gasteiger partial charge in [0.15, 0.2) is 5.43 Å². The highest BCUT2D eigenvalue weighted by Gasteiger charge is 2.20. The molecule has 1 heterocycles. The number of rotatable bonds is 3. The topological polar surface area (TPSA) is 97.1 Å². The zero-order chi connectivity index (χ0) is 13.1. The summed E-state index contributed by atoms with van der Waals surface area (Å²) in [6, 6.07) is 8.08. The highest BCUT2D eigenvalue weighted by Crippen LogP contribution is 2.24. The van der Waals surface area contributed by atoms with Gasteiger partial charge in [0.1, 0.15) is 6.10 Å². The molecular weight excluding hydrogens is 232 g/mol. The average Bonchev–Trinajstić information content (AvgIpc) is 2.38. The first-order valence-corrected chi connectivity index (χ1v) is 5.48. The van der Waals surface area contributed by atoms with E-state index in [0.29, 0.717) is 16.5 Å². The molecule has 2 rings (SSSR count). The predicted molar refractivity (Wildman–Crippen MR) is 65.8 cm³/mol. The first kappa shape index (κ1) is 12.3. The molecule has 1 aromatic carbocycles. The van der Waals surface area contributed by atoms with E-state index in [4.69, 9.17) is 5.26 Å². The fourth-order valence-corrected chi connectivity index (χ4v) is 1.89.